The average molecular weight is 391 g/mol. The van der Waals surface area contributed by atoms with Gasteiger partial charge in [-0.1, -0.05) is 12.1 Å². The lowest BCUT2D eigenvalue weighted by Gasteiger charge is -2.29. The molecule has 2 aromatic rings. The number of hydrogen-bond acceptors (Lipinski definition) is 4. The Morgan fingerprint density at radius 3 is 2.52 bits per heavy atom. The molecule has 0 radical (unpaired) electrons. The number of nitrogens with one attached hydrogen (secondary N) is 2. The van der Waals surface area contributed by atoms with Crippen LogP contribution in [0.25, 0.3) is 10.9 Å². The summed E-state index contributed by atoms with van der Waals surface area (Å²) >= 11 is 0. The van der Waals surface area contributed by atoms with Crippen molar-refractivity contribution < 1.29 is 13.2 Å². The Hall–Kier alpha value is -1.70. The topological polar surface area (TPSA) is 88.3 Å². The van der Waals surface area contributed by atoms with Crippen LogP contribution in [-0.2, 0) is 21.4 Å². The normalized spacial score (nSPS) is 23.6. The van der Waals surface area contributed by atoms with Gasteiger partial charge in [0.05, 0.1) is 18.0 Å². The standard InChI is InChI=1S/C20H26N2O4S/c1-13-19(21-18-5-3-2-4-17(18)20(13)23)12-26-15-8-6-14(7-9-15)22-27(24,25)16-10-11-16/h2-5,14-16,22H,6-12H2,1H3,(H,21,23)/t14-,15-. The number of benzene rings is 1. The number of rotatable bonds is 6. The number of sulfonamides is 1. The fraction of sp³-hybridized carbons (Fsp3) is 0.550. The summed E-state index contributed by atoms with van der Waals surface area (Å²) in [5, 5.41) is 0.529. The highest BCUT2D eigenvalue weighted by Gasteiger charge is 2.37. The third-order valence-corrected chi connectivity index (χ3v) is 7.69. The summed E-state index contributed by atoms with van der Waals surface area (Å²) in [6.45, 7) is 2.20. The number of aromatic amines is 1. The molecule has 0 unspecified atom stereocenters. The summed E-state index contributed by atoms with van der Waals surface area (Å²) < 4.78 is 33.0. The van der Waals surface area contributed by atoms with Gasteiger partial charge in [0.1, 0.15) is 0 Å². The van der Waals surface area contributed by atoms with Crippen molar-refractivity contribution >= 4 is 20.9 Å². The first-order chi connectivity index (χ1) is 12.9. The Labute approximate surface area is 159 Å². The maximum Gasteiger partial charge on any atom is 0.214 e. The first kappa shape index (κ1) is 18.7. The van der Waals surface area contributed by atoms with Gasteiger partial charge in [-0.15, -0.1) is 0 Å². The van der Waals surface area contributed by atoms with Crippen molar-refractivity contribution in [3.63, 3.8) is 0 Å². The maximum atomic E-state index is 12.5. The molecule has 0 atom stereocenters. The molecular formula is C20H26N2O4S. The Morgan fingerprint density at radius 1 is 1.11 bits per heavy atom. The van der Waals surface area contributed by atoms with E-state index in [1.54, 1.807) is 0 Å². The summed E-state index contributed by atoms with van der Waals surface area (Å²) in [4.78, 5) is 15.8. The molecule has 2 aliphatic carbocycles. The molecule has 1 heterocycles. The SMILES string of the molecule is Cc1c(CO[C@H]2CC[C@H](NS(=O)(=O)C3CC3)CC2)[nH]c2ccccc2c1=O. The zero-order valence-corrected chi connectivity index (χ0v) is 16.3. The summed E-state index contributed by atoms with van der Waals surface area (Å²) in [7, 11) is -3.12. The van der Waals surface area contributed by atoms with Gasteiger partial charge in [0.25, 0.3) is 0 Å². The predicted molar refractivity (Wildman–Crippen MR) is 105 cm³/mol. The summed E-state index contributed by atoms with van der Waals surface area (Å²) in [5.74, 6) is 0. The number of ether oxygens (including phenoxy) is 1. The molecule has 2 N–H and O–H groups in total. The number of H-pyrrole nitrogens is 1. The molecule has 0 aliphatic heterocycles. The van der Waals surface area contributed by atoms with Gasteiger partial charge in [-0.2, -0.15) is 0 Å². The van der Waals surface area contributed by atoms with Crippen molar-refractivity contribution in [2.45, 2.75) is 69.5 Å². The summed E-state index contributed by atoms with van der Waals surface area (Å²) in [6.07, 6.45) is 4.92. The van der Waals surface area contributed by atoms with Crippen molar-refractivity contribution in [3.05, 3.63) is 45.7 Å². The lowest BCUT2D eigenvalue weighted by molar-refractivity contribution is 0.0111. The minimum Gasteiger partial charge on any atom is -0.372 e. The molecule has 27 heavy (non-hydrogen) atoms. The zero-order chi connectivity index (χ0) is 19.0. The molecule has 0 bridgehead atoms. The van der Waals surface area contributed by atoms with Gasteiger partial charge in [0.2, 0.25) is 10.0 Å². The second-order valence-electron chi connectivity index (χ2n) is 7.75. The molecule has 7 heteroatoms. The van der Waals surface area contributed by atoms with Crippen molar-refractivity contribution in [2.75, 3.05) is 0 Å². The quantitative estimate of drug-likeness (QED) is 0.794. The smallest absolute Gasteiger partial charge is 0.214 e. The maximum absolute atomic E-state index is 12.5. The molecular weight excluding hydrogens is 364 g/mol. The highest BCUT2D eigenvalue weighted by atomic mass is 32.2. The third-order valence-electron chi connectivity index (χ3n) is 5.68. The van der Waals surface area contributed by atoms with Gasteiger partial charge in [-0.3, -0.25) is 4.79 Å². The van der Waals surface area contributed by atoms with Gasteiger partial charge < -0.3 is 9.72 Å². The van der Waals surface area contributed by atoms with Crippen LogP contribution >= 0.6 is 0 Å². The van der Waals surface area contributed by atoms with Crippen LogP contribution in [0.1, 0.15) is 49.8 Å². The van der Waals surface area contributed by atoms with E-state index in [-0.39, 0.29) is 22.8 Å². The van der Waals surface area contributed by atoms with E-state index < -0.39 is 10.0 Å². The lowest BCUT2D eigenvalue weighted by Crippen LogP contribution is -2.40. The van der Waals surface area contributed by atoms with Crippen molar-refractivity contribution in [1.82, 2.24) is 9.71 Å². The highest BCUT2D eigenvalue weighted by Crippen LogP contribution is 2.30. The van der Waals surface area contributed by atoms with Crippen LogP contribution in [0.15, 0.2) is 29.1 Å². The fourth-order valence-electron chi connectivity index (χ4n) is 3.79. The molecule has 0 spiro atoms. The Bertz CT molecular complexity index is 987. The molecule has 2 saturated carbocycles. The Morgan fingerprint density at radius 2 is 1.81 bits per heavy atom. The van der Waals surface area contributed by atoms with Gasteiger partial charge in [0, 0.05) is 28.2 Å². The largest absolute Gasteiger partial charge is 0.372 e. The van der Waals surface area contributed by atoms with Gasteiger partial charge in [-0.25, -0.2) is 13.1 Å². The van der Waals surface area contributed by atoms with E-state index in [1.165, 1.54) is 0 Å². The third kappa shape index (κ3) is 4.10. The van der Waals surface area contributed by atoms with Crippen LogP contribution in [-0.4, -0.2) is 30.8 Å². The van der Waals surface area contributed by atoms with Crippen molar-refractivity contribution in [3.8, 4) is 0 Å². The average Bonchev–Trinajstić information content (AvgIpc) is 3.50. The van der Waals surface area contributed by atoms with Crippen molar-refractivity contribution in [2.24, 2.45) is 0 Å². The van der Waals surface area contributed by atoms with E-state index in [0.29, 0.717) is 17.6 Å². The minimum absolute atomic E-state index is 0.0256. The lowest BCUT2D eigenvalue weighted by atomic mass is 9.94. The number of fused-ring (bicyclic) bond motifs is 1. The monoisotopic (exact) mass is 390 g/mol. The molecule has 1 aromatic carbocycles. The highest BCUT2D eigenvalue weighted by molar-refractivity contribution is 7.90. The molecule has 146 valence electrons. The number of hydrogen-bond donors (Lipinski definition) is 2. The van der Waals surface area contributed by atoms with Crippen LogP contribution in [0.3, 0.4) is 0 Å². The van der Waals surface area contributed by atoms with Gasteiger partial charge in [-0.05, 0) is 57.6 Å². The molecule has 0 amide bonds. The van der Waals surface area contributed by atoms with E-state index in [2.05, 4.69) is 9.71 Å². The molecule has 0 saturated heterocycles. The number of aromatic nitrogens is 1. The number of para-hydroxylation sites is 1. The van der Waals surface area contributed by atoms with Crippen LogP contribution in [0.5, 0.6) is 0 Å². The van der Waals surface area contributed by atoms with E-state index >= 15 is 0 Å². The van der Waals surface area contributed by atoms with E-state index in [1.807, 2.05) is 31.2 Å². The van der Waals surface area contributed by atoms with Crippen LogP contribution in [0.2, 0.25) is 0 Å². The fourth-order valence-corrected chi connectivity index (χ4v) is 5.43. The van der Waals surface area contributed by atoms with Crippen molar-refractivity contribution in [1.29, 1.82) is 0 Å². The van der Waals surface area contributed by atoms with Gasteiger partial charge >= 0.3 is 0 Å². The Balaban J connectivity index is 1.34. The second kappa shape index (κ2) is 7.37. The molecule has 6 nitrogen and oxygen atoms in total. The number of pyridine rings is 1. The van der Waals surface area contributed by atoms with E-state index in [0.717, 1.165) is 49.7 Å². The zero-order valence-electron chi connectivity index (χ0n) is 15.5. The van der Waals surface area contributed by atoms with E-state index in [9.17, 15) is 13.2 Å². The van der Waals surface area contributed by atoms with Gasteiger partial charge in [0.15, 0.2) is 5.43 Å². The van der Waals surface area contributed by atoms with Crippen LogP contribution in [0, 0.1) is 6.92 Å². The summed E-state index contributed by atoms with van der Waals surface area (Å²) in [6, 6.07) is 7.52. The predicted octanol–water partition coefficient (Wildman–Crippen LogP) is 2.75. The molecule has 1 aromatic heterocycles. The second-order valence-corrected chi connectivity index (χ2v) is 9.74. The first-order valence-corrected chi connectivity index (χ1v) is 11.2. The van der Waals surface area contributed by atoms with E-state index in [4.69, 9.17) is 4.74 Å². The minimum atomic E-state index is -3.12. The van der Waals surface area contributed by atoms with Crippen LogP contribution in [0.4, 0.5) is 0 Å². The Kier molecular flexibility index (Phi) is 5.09. The molecule has 4 rings (SSSR count). The molecule has 2 fully saturated rings. The van der Waals surface area contributed by atoms with Crippen LogP contribution < -0.4 is 10.2 Å². The molecule has 2 aliphatic rings. The summed E-state index contributed by atoms with van der Waals surface area (Å²) in [5.41, 5.74) is 2.38. The first-order valence-electron chi connectivity index (χ1n) is 9.67.